The van der Waals surface area contributed by atoms with Crippen molar-refractivity contribution in [3.63, 3.8) is 0 Å². The number of H-pyrrole nitrogens is 1. The fraction of sp³-hybridized carbons (Fsp3) is 0.250. The second-order valence-electron chi connectivity index (χ2n) is 3.91. The van der Waals surface area contributed by atoms with Gasteiger partial charge in [0.1, 0.15) is 12.2 Å². The van der Waals surface area contributed by atoms with Crippen LogP contribution in [0.5, 0.6) is 0 Å². The summed E-state index contributed by atoms with van der Waals surface area (Å²) in [5.74, 6) is 0.661. The normalized spacial score (nSPS) is 10.2. The number of hydrogen-bond acceptors (Lipinski definition) is 3. The third-order valence-corrected chi connectivity index (χ3v) is 2.57. The lowest BCUT2D eigenvalue weighted by atomic mass is 10.1. The van der Waals surface area contributed by atoms with Gasteiger partial charge in [0.25, 0.3) is 5.91 Å². The van der Waals surface area contributed by atoms with Gasteiger partial charge in [-0.1, -0.05) is 18.2 Å². The summed E-state index contributed by atoms with van der Waals surface area (Å²) in [5, 5.41) is 6.48. The standard InChI is InChI=1S/C12H14N4O/c1-9-5-3-4-6-10(9)12(17)16(2)7-11-13-8-14-15-11/h3-6,8H,7H2,1-2H3,(H,13,14,15). The van der Waals surface area contributed by atoms with Gasteiger partial charge in [0.05, 0.1) is 6.54 Å². The lowest BCUT2D eigenvalue weighted by molar-refractivity contribution is 0.0781. The minimum absolute atomic E-state index is 0.0144. The molecule has 17 heavy (non-hydrogen) atoms. The molecule has 2 aromatic rings. The molecule has 0 saturated carbocycles. The van der Waals surface area contributed by atoms with Crippen molar-refractivity contribution in [2.45, 2.75) is 13.5 Å². The Bertz CT molecular complexity index is 507. The Morgan fingerprint density at radius 3 is 2.82 bits per heavy atom. The van der Waals surface area contributed by atoms with Gasteiger partial charge in [-0.15, -0.1) is 0 Å². The molecule has 0 unspecified atom stereocenters. The summed E-state index contributed by atoms with van der Waals surface area (Å²) >= 11 is 0. The Balaban J connectivity index is 2.13. The van der Waals surface area contributed by atoms with Crippen molar-refractivity contribution in [2.75, 3.05) is 7.05 Å². The predicted molar refractivity (Wildman–Crippen MR) is 63.4 cm³/mol. The number of amides is 1. The van der Waals surface area contributed by atoms with Crippen LogP contribution in [0.4, 0.5) is 0 Å². The van der Waals surface area contributed by atoms with Crippen LogP contribution in [0.1, 0.15) is 21.7 Å². The molecule has 0 radical (unpaired) electrons. The van der Waals surface area contributed by atoms with Crippen molar-refractivity contribution in [1.29, 1.82) is 0 Å². The maximum Gasteiger partial charge on any atom is 0.254 e. The van der Waals surface area contributed by atoms with Gasteiger partial charge in [-0.25, -0.2) is 4.98 Å². The van der Waals surface area contributed by atoms with Crippen molar-refractivity contribution < 1.29 is 4.79 Å². The van der Waals surface area contributed by atoms with Crippen molar-refractivity contribution in [1.82, 2.24) is 20.1 Å². The Morgan fingerprint density at radius 1 is 1.41 bits per heavy atom. The monoisotopic (exact) mass is 230 g/mol. The zero-order valence-electron chi connectivity index (χ0n) is 9.84. The van der Waals surface area contributed by atoms with Crippen LogP contribution in [0.15, 0.2) is 30.6 Å². The number of nitrogens with zero attached hydrogens (tertiary/aromatic N) is 3. The van der Waals surface area contributed by atoms with Crippen LogP contribution in [0.25, 0.3) is 0 Å². The van der Waals surface area contributed by atoms with Crippen LogP contribution in [0, 0.1) is 6.92 Å². The molecule has 1 aromatic heterocycles. The average molecular weight is 230 g/mol. The van der Waals surface area contributed by atoms with E-state index in [4.69, 9.17) is 0 Å². The van der Waals surface area contributed by atoms with E-state index in [1.807, 2.05) is 31.2 Å². The van der Waals surface area contributed by atoms with E-state index in [1.54, 1.807) is 11.9 Å². The van der Waals surface area contributed by atoms with Crippen molar-refractivity contribution >= 4 is 5.91 Å². The molecule has 0 atom stereocenters. The summed E-state index contributed by atoms with van der Waals surface area (Å²) in [7, 11) is 1.75. The Kier molecular flexibility index (Phi) is 3.18. The summed E-state index contributed by atoms with van der Waals surface area (Å²) in [6.45, 7) is 2.35. The summed E-state index contributed by atoms with van der Waals surface area (Å²) in [5.41, 5.74) is 1.69. The number of rotatable bonds is 3. The Morgan fingerprint density at radius 2 is 2.18 bits per heavy atom. The number of aromatic nitrogens is 3. The fourth-order valence-corrected chi connectivity index (χ4v) is 1.62. The zero-order chi connectivity index (χ0) is 12.3. The SMILES string of the molecule is Cc1ccccc1C(=O)N(C)Cc1ncn[nH]1. The van der Waals surface area contributed by atoms with Gasteiger partial charge in [-0.3, -0.25) is 9.89 Å². The summed E-state index contributed by atoms with van der Waals surface area (Å²) in [6, 6.07) is 7.54. The molecule has 0 aliphatic heterocycles. The summed E-state index contributed by atoms with van der Waals surface area (Å²) < 4.78 is 0. The molecule has 5 nitrogen and oxygen atoms in total. The molecule has 0 aliphatic carbocycles. The Hall–Kier alpha value is -2.17. The van der Waals surface area contributed by atoms with E-state index >= 15 is 0 Å². The van der Waals surface area contributed by atoms with Crippen LogP contribution in [0.2, 0.25) is 0 Å². The molecule has 0 saturated heterocycles. The maximum atomic E-state index is 12.2. The predicted octanol–water partition coefficient (Wildman–Crippen LogP) is 1.39. The van der Waals surface area contributed by atoms with E-state index in [2.05, 4.69) is 15.2 Å². The minimum atomic E-state index is -0.0144. The molecular weight excluding hydrogens is 216 g/mol. The average Bonchev–Trinajstić information content (AvgIpc) is 2.81. The first-order chi connectivity index (χ1) is 8.18. The van der Waals surface area contributed by atoms with Crippen molar-refractivity contribution in [3.8, 4) is 0 Å². The van der Waals surface area contributed by atoms with Crippen molar-refractivity contribution in [2.24, 2.45) is 0 Å². The number of carbonyl (C=O) groups excluding carboxylic acids is 1. The van der Waals surface area contributed by atoms with Crippen LogP contribution in [0.3, 0.4) is 0 Å². The van der Waals surface area contributed by atoms with Gasteiger partial charge < -0.3 is 4.90 Å². The minimum Gasteiger partial charge on any atom is -0.334 e. The molecule has 1 aromatic carbocycles. The summed E-state index contributed by atoms with van der Waals surface area (Å²) in [6.07, 6.45) is 1.43. The van der Waals surface area contributed by atoms with E-state index in [0.29, 0.717) is 12.4 Å². The lowest BCUT2D eigenvalue weighted by Gasteiger charge is -2.16. The van der Waals surface area contributed by atoms with Gasteiger partial charge in [-0.2, -0.15) is 5.10 Å². The van der Waals surface area contributed by atoms with E-state index in [0.717, 1.165) is 11.1 Å². The second kappa shape index (κ2) is 4.78. The largest absolute Gasteiger partial charge is 0.334 e. The third-order valence-electron chi connectivity index (χ3n) is 2.57. The van der Waals surface area contributed by atoms with E-state index < -0.39 is 0 Å². The molecule has 88 valence electrons. The first kappa shape index (κ1) is 11.3. The number of aryl methyl sites for hydroxylation is 1. The van der Waals surface area contributed by atoms with Gasteiger partial charge in [0.15, 0.2) is 0 Å². The molecule has 5 heteroatoms. The second-order valence-corrected chi connectivity index (χ2v) is 3.91. The summed E-state index contributed by atoms with van der Waals surface area (Å²) in [4.78, 5) is 17.8. The fourth-order valence-electron chi connectivity index (χ4n) is 1.62. The number of benzene rings is 1. The quantitative estimate of drug-likeness (QED) is 0.866. The van der Waals surface area contributed by atoms with Gasteiger partial charge in [-0.05, 0) is 18.6 Å². The molecule has 0 fully saturated rings. The Labute approximate surface area is 99.5 Å². The first-order valence-electron chi connectivity index (χ1n) is 5.34. The number of nitrogens with one attached hydrogen (secondary N) is 1. The molecule has 1 amide bonds. The molecule has 2 rings (SSSR count). The first-order valence-corrected chi connectivity index (χ1v) is 5.34. The van der Waals surface area contributed by atoms with Crippen LogP contribution in [-0.4, -0.2) is 33.0 Å². The number of carbonyl (C=O) groups is 1. The number of aromatic amines is 1. The van der Waals surface area contributed by atoms with E-state index in [1.165, 1.54) is 6.33 Å². The lowest BCUT2D eigenvalue weighted by Crippen LogP contribution is -2.27. The van der Waals surface area contributed by atoms with E-state index in [9.17, 15) is 4.79 Å². The van der Waals surface area contributed by atoms with Gasteiger partial charge >= 0.3 is 0 Å². The van der Waals surface area contributed by atoms with Crippen LogP contribution >= 0.6 is 0 Å². The van der Waals surface area contributed by atoms with Crippen molar-refractivity contribution in [3.05, 3.63) is 47.5 Å². The highest BCUT2D eigenvalue weighted by molar-refractivity contribution is 5.95. The van der Waals surface area contributed by atoms with E-state index in [-0.39, 0.29) is 5.91 Å². The molecule has 0 spiro atoms. The highest BCUT2D eigenvalue weighted by atomic mass is 16.2. The topological polar surface area (TPSA) is 61.9 Å². The maximum absolute atomic E-state index is 12.2. The highest BCUT2D eigenvalue weighted by Crippen LogP contribution is 2.10. The molecule has 1 heterocycles. The molecule has 0 aliphatic rings. The highest BCUT2D eigenvalue weighted by Gasteiger charge is 2.14. The zero-order valence-corrected chi connectivity index (χ0v) is 9.84. The number of hydrogen-bond donors (Lipinski definition) is 1. The van der Waals surface area contributed by atoms with Gasteiger partial charge in [0.2, 0.25) is 0 Å². The third kappa shape index (κ3) is 2.50. The molecule has 1 N–H and O–H groups in total. The van der Waals surface area contributed by atoms with Crippen LogP contribution < -0.4 is 0 Å². The smallest absolute Gasteiger partial charge is 0.254 e. The molecular formula is C12H14N4O. The van der Waals surface area contributed by atoms with Gasteiger partial charge in [0, 0.05) is 12.6 Å². The molecule has 0 bridgehead atoms. The van der Waals surface area contributed by atoms with Crippen LogP contribution in [-0.2, 0) is 6.54 Å².